The fourth-order valence-corrected chi connectivity index (χ4v) is 3.14. The van der Waals surface area contributed by atoms with Crippen LogP contribution in [0.5, 0.6) is 0 Å². The standard InChI is InChI=1S/C22H27N3O3/c1-16-5-8-18(9-6-16)20-21(25-15-17(2)7-10-19(25)23-20)22(26)24(11-13-27-3)12-14-28-4/h5-10,15H,11-14H2,1-4H3. The molecule has 3 rings (SSSR count). The topological polar surface area (TPSA) is 56.1 Å². The molecule has 1 aromatic carbocycles. The Morgan fingerprint density at radius 1 is 0.964 bits per heavy atom. The summed E-state index contributed by atoms with van der Waals surface area (Å²) in [7, 11) is 3.27. The molecule has 28 heavy (non-hydrogen) atoms. The molecule has 0 spiro atoms. The number of nitrogens with zero attached hydrogens (tertiary/aromatic N) is 3. The summed E-state index contributed by atoms with van der Waals surface area (Å²) in [6.07, 6.45) is 1.96. The van der Waals surface area contributed by atoms with Crippen LogP contribution in [0.3, 0.4) is 0 Å². The molecule has 0 radical (unpaired) electrons. The Labute approximate surface area is 165 Å². The van der Waals surface area contributed by atoms with Crippen LogP contribution >= 0.6 is 0 Å². The van der Waals surface area contributed by atoms with Crippen molar-refractivity contribution in [2.45, 2.75) is 13.8 Å². The van der Waals surface area contributed by atoms with Gasteiger partial charge in [0.2, 0.25) is 0 Å². The highest BCUT2D eigenvalue weighted by molar-refractivity contribution is 5.99. The van der Waals surface area contributed by atoms with E-state index in [2.05, 4.69) is 0 Å². The Bertz CT molecular complexity index is 940. The largest absolute Gasteiger partial charge is 0.383 e. The van der Waals surface area contributed by atoms with Gasteiger partial charge in [0.05, 0.1) is 13.2 Å². The maximum atomic E-state index is 13.6. The van der Waals surface area contributed by atoms with Gasteiger partial charge in [-0.3, -0.25) is 9.20 Å². The van der Waals surface area contributed by atoms with Crippen LogP contribution in [-0.4, -0.2) is 60.7 Å². The van der Waals surface area contributed by atoms with Crippen LogP contribution in [0.1, 0.15) is 21.6 Å². The van der Waals surface area contributed by atoms with Crippen molar-refractivity contribution in [3.8, 4) is 11.3 Å². The van der Waals surface area contributed by atoms with Gasteiger partial charge in [-0.1, -0.05) is 35.9 Å². The summed E-state index contributed by atoms with van der Waals surface area (Å²) in [5.74, 6) is -0.0808. The predicted molar refractivity (Wildman–Crippen MR) is 110 cm³/mol. The summed E-state index contributed by atoms with van der Waals surface area (Å²) in [6, 6.07) is 12.0. The Kier molecular flexibility index (Phi) is 6.44. The molecule has 0 fully saturated rings. The van der Waals surface area contributed by atoms with Gasteiger partial charge in [-0.15, -0.1) is 0 Å². The smallest absolute Gasteiger partial charge is 0.273 e. The number of amides is 1. The number of aromatic nitrogens is 2. The van der Waals surface area contributed by atoms with Crippen LogP contribution < -0.4 is 0 Å². The van der Waals surface area contributed by atoms with Crippen molar-refractivity contribution in [2.24, 2.45) is 0 Å². The zero-order chi connectivity index (χ0) is 20.1. The van der Waals surface area contributed by atoms with E-state index in [1.165, 1.54) is 0 Å². The summed E-state index contributed by atoms with van der Waals surface area (Å²) in [6.45, 7) is 5.96. The van der Waals surface area contributed by atoms with E-state index in [1.807, 2.05) is 60.8 Å². The van der Waals surface area contributed by atoms with E-state index in [1.54, 1.807) is 19.1 Å². The maximum absolute atomic E-state index is 13.6. The fourth-order valence-electron chi connectivity index (χ4n) is 3.14. The first-order chi connectivity index (χ1) is 13.5. The number of aryl methyl sites for hydroxylation is 2. The number of carbonyl (C=O) groups is 1. The third-order valence-electron chi connectivity index (χ3n) is 4.71. The van der Waals surface area contributed by atoms with Gasteiger partial charge in [-0.2, -0.15) is 0 Å². The van der Waals surface area contributed by atoms with Crippen LogP contribution in [-0.2, 0) is 9.47 Å². The van der Waals surface area contributed by atoms with Gasteiger partial charge in [-0.05, 0) is 25.5 Å². The molecule has 0 saturated heterocycles. The van der Waals surface area contributed by atoms with E-state index in [-0.39, 0.29) is 5.91 Å². The number of carbonyl (C=O) groups excluding carboxylic acids is 1. The number of hydrogen-bond acceptors (Lipinski definition) is 4. The second kappa shape index (κ2) is 8.99. The van der Waals surface area contributed by atoms with Gasteiger partial charge >= 0.3 is 0 Å². The van der Waals surface area contributed by atoms with Crippen molar-refractivity contribution in [3.63, 3.8) is 0 Å². The zero-order valence-electron chi connectivity index (χ0n) is 16.9. The molecule has 0 aliphatic heterocycles. The lowest BCUT2D eigenvalue weighted by molar-refractivity contribution is 0.0621. The lowest BCUT2D eigenvalue weighted by Crippen LogP contribution is -2.37. The highest BCUT2D eigenvalue weighted by Crippen LogP contribution is 2.26. The summed E-state index contributed by atoms with van der Waals surface area (Å²) in [5, 5.41) is 0. The molecule has 0 aliphatic carbocycles. The lowest BCUT2D eigenvalue weighted by Gasteiger charge is -2.22. The molecule has 6 nitrogen and oxygen atoms in total. The number of ether oxygens (including phenoxy) is 2. The first kappa shape index (κ1) is 20.0. The second-order valence-electron chi connectivity index (χ2n) is 6.89. The van der Waals surface area contributed by atoms with Crippen molar-refractivity contribution in [1.82, 2.24) is 14.3 Å². The summed E-state index contributed by atoms with van der Waals surface area (Å²) in [5.41, 5.74) is 5.16. The first-order valence-corrected chi connectivity index (χ1v) is 9.38. The van der Waals surface area contributed by atoms with E-state index in [9.17, 15) is 4.79 Å². The quantitative estimate of drug-likeness (QED) is 0.600. The minimum absolute atomic E-state index is 0.0808. The van der Waals surface area contributed by atoms with E-state index < -0.39 is 0 Å². The van der Waals surface area contributed by atoms with E-state index in [4.69, 9.17) is 14.5 Å². The van der Waals surface area contributed by atoms with E-state index in [0.29, 0.717) is 37.7 Å². The molecular weight excluding hydrogens is 354 g/mol. The molecule has 0 bridgehead atoms. The van der Waals surface area contributed by atoms with Crippen molar-refractivity contribution < 1.29 is 14.3 Å². The molecule has 0 atom stereocenters. The van der Waals surface area contributed by atoms with E-state index >= 15 is 0 Å². The zero-order valence-corrected chi connectivity index (χ0v) is 16.9. The number of methoxy groups -OCH3 is 2. The number of imidazole rings is 1. The molecule has 1 amide bonds. The monoisotopic (exact) mass is 381 g/mol. The molecule has 0 saturated carbocycles. The van der Waals surface area contributed by atoms with Gasteiger partial charge in [0.15, 0.2) is 0 Å². The van der Waals surface area contributed by atoms with Gasteiger partial charge in [0, 0.05) is 39.1 Å². The first-order valence-electron chi connectivity index (χ1n) is 9.38. The van der Waals surface area contributed by atoms with Crippen molar-refractivity contribution >= 4 is 11.6 Å². The van der Waals surface area contributed by atoms with Crippen molar-refractivity contribution in [3.05, 3.63) is 59.4 Å². The van der Waals surface area contributed by atoms with Crippen molar-refractivity contribution in [2.75, 3.05) is 40.5 Å². The molecule has 148 valence electrons. The number of rotatable bonds is 8. The highest BCUT2D eigenvalue weighted by atomic mass is 16.5. The Balaban J connectivity index is 2.12. The highest BCUT2D eigenvalue weighted by Gasteiger charge is 2.25. The molecule has 2 heterocycles. The number of fused-ring (bicyclic) bond motifs is 1. The van der Waals surface area contributed by atoms with Gasteiger partial charge in [-0.25, -0.2) is 4.98 Å². The molecule has 0 unspecified atom stereocenters. The second-order valence-corrected chi connectivity index (χ2v) is 6.89. The van der Waals surface area contributed by atoms with Crippen LogP contribution in [0.25, 0.3) is 16.9 Å². The van der Waals surface area contributed by atoms with Crippen LogP contribution in [0, 0.1) is 13.8 Å². The summed E-state index contributed by atoms with van der Waals surface area (Å²) >= 11 is 0. The summed E-state index contributed by atoms with van der Waals surface area (Å²) in [4.78, 5) is 20.1. The lowest BCUT2D eigenvalue weighted by atomic mass is 10.1. The third-order valence-corrected chi connectivity index (χ3v) is 4.71. The van der Waals surface area contributed by atoms with Crippen LogP contribution in [0.2, 0.25) is 0 Å². The molecule has 3 aromatic rings. The number of benzene rings is 1. The molecular formula is C22H27N3O3. The Morgan fingerprint density at radius 2 is 1.57 bits per heavy atom. The van der Waals surface area contributed by atoms with E-state index in [0.717, 1.165) is 22.3 Å². The Hall–Kier alpha value is -2.70. The van der Waals surface area contributed by atoms with Crippen molar-refractivity contribution in [1.29, 1.82) is 0 Å². The molecule has 2 aromatic heterocycles. The molecule has 6 heteroatoms. The predicted octanol–water partition coefficient (Wildman–Crippen LogP) is 3.35. The minimum atomic E-state index is -0.0808. The Morgan fingerprint density at radius 3 is 2.18 bits per heavy atom. The van der Waals surface area contributed by atoms with Crippen LogP contribution in [0.4, 0.5) is 0 Å². The van der Waals surface area contributed by atoms with Gasteiger partial charge in [0.1, 0.15) is 17.0 Å². The summed E-state index contributed by atoms with van der Waals surface area (Å²) < 4.78 is 12.3. The third kappa shape index (κ3) is 4.24. The number of hydrogen-bond donors (Lipinski definition) is 0. The normalized spacial score (nSPS) is 11.1. The molecule has 0 aliphatic rings. The SMILES string of the molecule is COCCN(CCOC)C(=O)c1c(-c2ccc(C)cc2)nc2ccc(C)cn12. The number of pyridine rings is 1. The average Bonchev–Trinajstić information content (AvgIpc) is 3.06. The molecule has 0 N–H and O–H groups in total. The van der Waals surface area contributed by atoms with Gasteiger partial charge in [0.25, 0.3) is 5.91 Å². The van der Waals surface area contributed by atoms with Gasteiger partial charge < -0.3 is 14.4 Å². The fraction of sp³-hybridized carbons (Fsp3) is 0.364. The average molecular weight is 381 g/mol. The maximum Gasteiger partial charge on any atom is 0.273 e. The van der Waals surface area contributed by atoms with Crippen LogP contribution in [0.15, 0.2) is 42.6 Å². The minimum Gasteiger partial charge on any atom is -0.383 e.